The highest BCUT2D eigenvalue weighted by molar-refractivity contribution is 6.46. The van der Waals surface area contributed by atoms with Crippen LogP contribution in [0.1, 0.15) is 47.2 Å². The van der Waals surface area contributed by atoms with Crippen molar-refractivity contribution in [3.8, 4) is 0 Å². The summed E-state index contributed by atoms with van der Waals surface area (Å²) in [4.78, 5) is 68.2. The second kappa shape index (κ2) is 13.2. The predicted molar refractivity (Wildman–Crippen MR) is 148 cm³/mol. The van der Waals surface area contributed by atoms with Gasteiger partial charge in [-0.05, 0) is 38.0 Å². The summed E-state index contributed by atoms with van der Waals surface area (Å²) in [5.74, 6) is -8.60. The maximum absolute atomic E-state index is 14.7. The van der Waals surface area contributed by atoms with Gasteiger partial charge in [0.05, 0.1) is 29.7 Å². The first-order chi connectivity index (χ1) is 20.1. The second-order valence-electron chi connectivity index (χ2n) is 9.78. The van der Waals surface area contributed by atoms with Crippen LogP contribution >= 0.6 is 11.6 Å². The number of primary amides is 2. The van der Waals surface area contributed by atoms with Gasteiger partial charge in [0.2, 0.25) is 11.8 Å². The molecule has 9 N–H and O–H groups in total. The standard InChI is InChI=1S/C19H19ClF3N5O3.C6H10N4O2/c1-24-17(30)14-15(26-8-25-14)18(31)28-13-5-2-9(7-19(13,22)23)16(29)27-12-4-3-10(21)6-11(12)20;1-6(5(8)12)3(4(7)11)9-2-10-6/h3-4,6,8-9,13H,2,5,7H2,1H3,(H,24,30)(H,25,26)(H,27,29)(H,28,31);10H,2H2,1H3,(H2,7,11)(H2,8,12)/t9-,13-;/m0./s1. The predicted octanol–water partition coefficient (Wildman–Crippen LogP) is 0.452. The van der Waals surface area contributed by atoms with E-state index in [9.17, 15) is 37.1 Å². The zero-order valence-corrected chi connectivity index (χ0v) is 23.7. The molecule has 43 heavy (non-hydrogen) atoms. The Balaban J connectivity index is 0.000000353. The number of aromatic amines is 1. The van der Waals surface area contributed by atoms with Gasteiger partial charge in [-0.1, -0.05) is 11.6 Å². The summed E-state index contributed by atoms with van der Waals surface area (Å²) in [6.07, 6.45) is 0.215. The molecule has 1 unspecified atom stereocenters. The van der Waals surface area contributed by atoms with Crippen LogP contribution in [0.3, 0.4) is 0 Å². The molecule has 1 aliphatic heterocycles. The fourth-order valence-electron chi connectivity index (χ4n) is 4.42. The molecule has 5 amide bonds. The number of nitrogens with two attached hydrogens (primary N) is 2. The Morgan fingerprint density at radius 1 is 1.12 bits per heavy atom. The number of halogens is 4. The van der Waals surface area contributed by atoms with Crippen molar-refractivity contribution in [1.29, 1.82) is 0 Å². The molecule has 18 heteroatoms. The van der Waals surface area contributed by atoms with Crippen LogP contribution in [0.4, 0.5) is 18.9 Å². The van der Waals surface area contributed by atoms with Gasteiger partial charge in [0, 0.05) is 19.4 Å². The lowest BCUT2D eigenvalue weighted by atomic mass is 9.82. The van der Waals surface area contributed by atoms with E-state index in [2.05, 4.69) is 36.2 Å². The molecule has 14 nitrogen and oxygen atoms in total. The first-order valence-electron chi connectivity index (χ1n) is 12.7. The average Bonchev–Trinajstić information content (AvgIpc) is 3.59. The minimum absolute atomic E-state index is 0.00463. The number of hydrogen-bond donors (Lipinski definition) is 7. The molecular formula is C25H29ClF3N9O5. The van der Waals surface area contributed by atoms with Gasteiger partial charge < -0.3 is 32.4 Å². The number of amides is 5. The lowest BCUT2D eigenvalue weighted by Gasteiger charge is -2.35. The van der Waals surface area contributed by atoms with Gasteiger partial charge in [0.15, 0.2) is 5.69 Å². The minimum atomic E-state index is -3.38. The molecule has 4 rings (SSSR count). The Hall–Kier alpha value is -4.51. The summed E-state index contributed by atoms with van der Waals surface area (Å²) in [7, 11) is 1.35. The number of benzene rings is 1. The van der Waals surface area contributed by atoms with Crippen LogP contribution in [0.25, 0.3) is 0 Å². The SMILES string of the molecule is CC1(C(N)=O)NCN=C1C(N)=O.CNC(=O)c1[nH]cnc1C(=O)N[C@H]1CC[C@H](C(=O)Nc2ccc(F)cc2Cl)CC1(F)F. The van der Waals surface area contributed by atoms with Gasteiger partial charge in [-0.2, -0.15) is 0 Å². The number of nitrogens with one attached hydrogen (secondary N) is 5. The lowest BCUT2D eigenvalue weighted by molar-refractivity contribution is -0.129. The van der Waals surface area contributed by atoms with Crippen LogP contribution < -0.4 is 32.7 Å². The summed E-state index contributed by atoms with van der Waals surface area (Å²) < 4.78 is 42.5. The summed E-state index contributed by atoms with van der Waals surface area (Å²) in [6.45, 7) is 1.67. The van der Waals surface area contributed by atoms with E-state index < -0.39 is 65.2 Å². The van der Waals surface area contributed by atoms with Gasteiger partial charge in [0.25, 0.3) is 23.6 Å². The topological polar surface area (TPSA) is 227 Å². The Morgan fingerprint density at radius 2 is 1.81 bits per heavy atom. The third-order valence-electron chi connectivity index (χ3n) is 6.88. The van der Waals surface area contributed by atoms with E-state index in [1.165, 1.54) is 20.0 Å². The number of rotatable bonds is 7. The fourth-order valence-corrected chi connectivity index (χ4v) is 4.63. The molecule has 0 spiro atoms. The molecule has 0 bridgehead atoms. The number of nitrogens with zero attached hydrogens (tertiary/aromatic N) is 2. The molecule has 1 saturated carbocycles. The largest absolute Gasteiger partial charge is 0.368 e. The molecule has 1 aliphatic carbocycles. The van der Waals surface area contributed by atoms with E-state index in [0.717, 1.165) is 18.5 Å². The second-order valence-corrected chi connectivity index (χ2v) is 10.2. The molecule has 1 aromatic carbocycles. The summed E-state index contributed by atoms with van der Waals surface area (Å²) in [6, 6.07) is 1.80. The highest BCUT2D eigenvalue weighted by Gasteiger charge is 2.48. The summed E-state index contributed by atoms with van der Waals surface area (Å²) >= 11 is 5.86. The van der Waals surface area contributed by atoms with Gasteiger partial charge in [-0.25, -0.2) is 18.2 Å². The van der Waals surface area contributed by atoms with E-state index in [1.807, 2.05) is 0 Å². The Morgan fingerprint density at radius 3 is 2.37 bits per heavy atom. The van der Waals surface area contributed by atoms with Crippen LogP contribution in [0, 0.1) is 11.7 Å². The zero-order valence-electron chi connectivity index (χ0n) is 22.9. The molecule has 2 aromatic rings. The first-order valence-corrected chi connectivity index (χ1v) is 13.1. The van der Waals surface area contributed by atoms with E-state index in [1.54, 1.807) is 0 Å². The number of aromatic nitrogens is 2. The van der Waals surface area contributed by atoms with E-state index in [-0.39, 0.29) is 47.3 Å². The van der Waals surface area contributed by atoms with Gasteiger partial charge in [0.1, 0.15) is 22.8 Å². The van der Waals surface area contributed by atoms with Crippen molar-refractivity contribution < 1.29 is 37.1 Å². The minimum Gasteiger partial charge on any atom is -0.368 e. The zero-order chi connectivity index (χ0) is 32.1. The van der Waals surface area contributed by atoms with Crippen molar-refractivity contribution in [2.75, 3.05) is 19.0 Å². The number of carbonyl (C=O) groups is 5. The van der Waals surface area contributed by atoms with Crippen LogP contribution in [-0.4, -0.2) is 76.4 Å². The number of hydrogen-bond acceptors (Lipinski definition) is 8. The number of aliphatic imine (C=N–C) groups is 1. The van der Waals surface area contributed by atoms with Crippen LogP contribution in [0.15, 0.2) is 29.5 Å². The van der Waals surface area contributed by atoms with Gasteiger partial charge >= 0.3 is 0 Å². The van der Waals surface area contributed by atoms with Crippen molar-refractivity contribution in [2.45, 2.75) is 43.7 Å². The van der Waals surface area contributed by atoms with Crippen LogP contribution in [-0.2, 0) is 14.4 Å². The van der Waals surface area contributed by atoms with E-state index >= 15 is 0 Å². The third kappa shape index (κ3) is 7.47. The number of H-pyrrole nitrogens is 1. The van der Waals surface area contributed by atoms with E-state index in [4.69, 9.17) is 23.1 Å². The average molecular weight is 628 g/mol. The lowest BCUT2D eigenvalue weighted by Crippen LogP contribution is -2.58. The molecule has 2 aliphatic rings. The number of carbonyl (C=O) groups excluding carboxylic acids is 5. The van der Waals surface area contributed by atoms with Crippen molar-refractivity contribution in [3.05, 3.63) is 46.8 Å². The Kier molecular flexibility index (Phi) is 10.1. The Bertz CT molecular complexity index is 1470. The molecule has 232 valence electrons. The number of imidazole rings is 1. The van der Waals surface area contributed by atoms with Crippen molar-refractivity contribution in [1.82, 2.24) is 25.9 Å². The summed E-state index contributed by atoms with van der Waals surface area (Å²) in [5.41, 5.74) is 8.52. The van der Waals surface area contributed by atoms with Crippen LogP contribution in [0.5, 0.6) is 0 Å². The van der Waals surface area contributed by atoms with Crippen molar-refractivity contribution >= 4 is 52.5 Å². The maximum Gasteiger partial charge on any atom is 0.272 e. The van der Waals surface area contributed by atoms with Crippen LogP contribution in [0.2, 0.25) is 5.02 Å². The molecular weight excluding hydrogens is 599 g/mol. The number of anilines is 1. The molecule has 2 heterocycles. The van der Waals surface area contributed by atoms with Gasteiger partial charge in [-0.3, -0.25) is 34.3 Å². The monoisotopic (exact) mass is 627 g/mol. The Labute approximate surface area is 247 Å². The highest BCUT2D eigenvalue weighted by Crippen LogP contribution is 2.38. The van der Waals surface area contributed by atoms with E-state index in [0.29, 0.717) is 0 Å². The molecule has 3 atom stereocenters. The molecule has 1 fully saturated rings. The van der Waals surface area contributed by atoms with Gasteiger partial charge in [-0.15, -0.1) is 0 Å². The molecule has 0 radical (unpaired) electrons. The smallest absolute Gasteiger partial charge is 0.272 e. The number of alkyl halides is 2. The van der Waals surface area contributed by atoms with Crippen molar-refractivity contribution in [3.63, 3.8) is 0 Å². The highest BCUT2D eigenvalue weighted by atomic mass is 35.5. The maximum atomic E-state index is 14.7. The summed E-state index contributed by atoms with van der Waals surface area (Å²) in [5, 5.41) is 9.59. The third-order valence-corrected chi connectivity index (χ3v) is 7.19. The first kappa shape index (κ1) is 33.0. The quantitative estimate of drug-likeness (QED) is 0.229. The fraction of sp³-hybridized carbons (Fsp3) is 0.400. The normalized spacial score (nSPS) is 22.3. The molecule has 1 aromatic heterocycles. The van der Waals surface area contributed by atoms with Crippen molar-refractivity contribution in [2.24, 2.45) is 22.4 Å². The molecule has 0 saturated heterocycles.